The van der Waals surface area contributed by atoms with Gasteiger partial charge in [-0.2, -0.15) is 0 Å². The Bertz CT molecular complexity index is 1060. The van der Waals surface area contributed by atoms with E-state index in [0.717, 1.165) is 55.0 Å². The number of nitrogens with zero attached hydrogens (tertiary/aromatic N) is 5. The molecule has 0 bridgehead atoms. The van der Waals surface area contributed by atoms with Crippen molar-refractivity contribution in [2.24, 2.45) is 16.8 Å². The number of aromatic nitrogens is 3. The number of aliphatic imine (C=N–C) groups is 1. The van der Waals surface area contributed by atoms with Gasteiger partial charge in [-0.15, -0.1) is 0 Å². The largest absolute Gasteiger partial charge is 0.391 e. The zero-order valence-electron chi connectivity index (χ0n) is 19.4. The van der Waals surface area contributed by atoms with E-state index in [1.54, 1.807) is 0 Å². The maximum absolute atomic E-state index is 10.8. The highest BCUT2D eigenvalue weighted by Gasteiger charge is 2.38. The summed E-state index contributed by atoms with van der Waals surface area (Å²) in [5.74, 6) is 2.73. The van der Waals surface area contributed by atoms with Crippen molar-refractivity contribution in [3.8, 4) is 0 Å². The zero-order chi connectivity index (χ0) is 23.1. The monoisotopic (exact) mass is 471 g/mol. The molecule has 4 N–H and O–H groups in total. The fourth-order valence-electron chi connectivity index (χ4n) is 5.83. The van der Waals surface area contributed by atoms with E-state index in [-0.39, 0.29) is 18.2 Å². The Morgan fingerprint density at radius 3 is 2.85 bits per heavy atom. The average Bonchev–Trinajstić information content (AvgIpc) is 3.30. The van der Waals surface area contributed by atoms with Crippen LogP contribution < -0.4 is 11.1 Å². The van der Waals surface area contributed by atoms with E-state index in [1.807, 2.05) is 18.3 Å². The van der Waals surface area contributed by atoms with Crippen molar-refractivity contribution in [2.45, 2.75) is 69.7 Å². The summed E-state index contributed by atoms with van der Waals surface area (Å²) in [5, 5.41) is 15.6. The highest BCUT2D eigenvalue weighted by atomic mass is 35.5. The molecule has 2 aromatic rings. The van der Waals surface area contributed by atoms with Crippen LogP contribution in [0.3, 0.4) is 0 Å². The van der Waals surface area contributed by atoms with Gasteiger partial charge in [-0.1, -0.05) is 11.6 Å². The molecule has 33 heavy (non-hydrogen) atoms. The summed E-state index contributed by atoms with van der Waals surface area (Å²) in [4.78, 5) is 15.6. The maximum Gasteiger partial charge on any atom is 0.145 e. The van der Waals surface area contributed by atoms with Gasteiger partial charge in [-0.25, -0.2) is 9.97 Å². The molecule has 3 heterocycles. The molecule has 2 fully saturated rings. The van der Waals surface area contributed by atoms with Crippen molar-refractivity contribution in [1.29, 1.82) is 0 Å². The first-order chi connectivity index (χ1) is 15.9. The number of fused-ring (bicyclic) bond motifs is 1. The van der Waals surface area contributed by atoms with Crippen LogP contribution in [0.1, 0.15) is 51.5 Å². The summed E-state index contributed by atoms with van der Waals surface area (Å²) in [5.41, 5.74) is 6.80. The van der Waals surface area contributed by atoms with Crippen LogP contribution in [0.25, 0.3) is 11.0 Å². The lowest BCUT2D eigenvalue weighted by atomic mass is 9.76. The molecule has 1 unspecified atom stereocenters. The van der Waals surface area contributed by atoms with Gasteiger partial charge in [-0.3, -0.25) is 4.99 Å². The van der Waals surface area contributed by atoms with Crippen LogP contribution in [-0.2, 0) is 0 Å². The van der Waals surface area contributed by atoms with Crippen LogP contribution in [-0.4, -0.2) is 62.2 Å². The third-order valence-corrected chi connectivity index (χ3v) is 7.89. The molecule has 0 saturated heterocycles. The van der Waals surface area contributed by atoms with Gasteiger partial charge in [0.05, 0.1) is 23.6 Å². The first kappa shape index (κ1) is 22.6. The Hall–Kier alpha value is -2.16. The molecule has 4 atom stereocenters. The Morgan fingerprint density at radius 2 is 2.06 bits per heavy atom. The summed E-state index contributed by atoms with van der Waals surface area (Å²) in [6.45, 7) is 3.08. The first-order valence-electron chi connectivity index (χ1n) is 12.0. The number of hydrogen-bond donors (Lipinski definition) is 3. The van der Waals surface area contributed by atoms with Gasteiger partial charge < -0.3 is 25.6 Å². The smallest absolute Gasteiger partial charge is 0.145 e. The van der Waals surface area contributed by atoms with E-state index in [4.69, 9.17) is 17.3 Å². The van der Waals surface area contributed by atoms with Crippen molar-refractivity contribution < 1.29 is 5.11 Å². The predicted molar refractivity (Wildman–Crippen MR) is 132 cm³/mol. The quantitative estimate of drug-likeness (QED) is 0.535. The third-order valence-electron chi connectivity index (χ3n) is 7.67. The molecule has 2 aromatic heterocycles. The molecular weight excluding hydrogens is 438 g/mol. The van der Waals surface area contributed by atoms with Crippen LogP contribution in [0.2, 0.25) is 0 Å². The second-order valence-electron chi connectivity index (χ2n) is 10.1. The molecule has 0 radical (unpaired) electrons. The van der Waals surface area contributed by atoms with Gasteiger partial charge in [-0.05, 0) is 70.1 Å². The lowest BCUT2D eigenvalue weighted by Gasteiger charge is -2.42. The number of anilines is 1. The number of halogens is 1. The number of rotatable bonds is 7. The van der Waals surface area contributed by atoms with Crippen molar-refractivity contribution in [3.05, 3.63) is 29.8 Å². The van der Waals surface area contributed by atoms with E-state index in [0.29, 0.717) is 22.9 Å². The topological polar surface area (TPSA) is 105 Å². The minimum atomic E-state index is -0.364. The summed E-state index contributed by atoms with van der Waals surface area (Å²) < 4.78 is 2.09. The van der Waals surface area contributed by atoms with E-state index >= 15 is 0 Å². The molecule has 8 nitrogen and oxygen atoms in total. The van der Waals surface area contributed by atoms with Crippen LogP contribution in [0, 0.1) is 11.8 Å². The molecule has 2 aliphatic carbocycles. The van der Waals surface area contributed by atoms with Gasteiger partial charge in [0.2, 0.25) is 0 Å². The van der Waals surface area contributed by atoms with E-state index < -0.39 is 0 Å². The summed E-state index contributed by atoms with van der Waals surface area (Å²) in [6.07, 6.45) is 11.4. The van der Waals surface area contributed by atoms with Crippen LogP contribution >= 0.6 is 11.6 Å². The minimum Gasteiger partial charge on any atom is -0.391 e. The summed E-state index contributed by atoms with van der Waals surface area (Å²) in [7, 11) is 2.23. The van der Waals surface area contributed by atoms with Crippen molar-refractivity contribution in [1.82, 2.24) is 24.8 Å². The minimum absolute atomic E-state index is 0.0383. The van der Waals surface area contributed by atoms with E-state index in [2.05, 4.69) is 43.7 Å². The van der Waals surface area contributed by atoms with Gasteiger partial charge in [0.25, 0.3) is 0 Å². The molecule has 0 amide bonds. The molecule has 2 saturated carbocycles. The number of nitrogens with one attached hydrogen (secondary N) is 1. The van der Waals surface area contributed by atoms with Crippen molar-refractivity contribution in [2.75, 3.05) is 19.3 Å². The third kappa shape index (κ3) is 4.74. The molecular formula is C24H34ClN7O. The molecule has 0 aromatic carbocycles. The predicted octanol–water partition coefficient (Wildman–Crippen LogP) is 3.29. The lowest BCUT2D eigenvalue weighted by molar-refractivity contribution is 0.0812. The molecule has 9 heteroatoms. The highest BCUT2D eigenvalue weighted by Crippen LogP contribution is 2.40. The fraction of sp³-hybridized carbons (Fsp3) is 0.625. The zero-order valence-corrected chi connectivity index (χ0v) is 20.1. The van der Waals surface area contributed by atoms with Gasteiger partial charge in [0.15, 0.2) is 0 Å². The fourth-order valence-corrected chi connectivity index (χ4v) is 6.12. The molecule has 178 valence electrons. The SMILES string of the molecule is CC1C=C(Cl)NC(CCC2CC(N(C)C[C@@H]3C[C@@H](O)[C@H](n4ccc5c(N)ncnc54)C3)C2)=N1. The molecule has 0 spiro atoms. The normalized spacial score (nSPS) is 31.9. The van der Waals surface area contributed by atoms with Gasteiger partial charge >= 0.3 is 0 Å². The highest BCUT2D eigenvalue weighted by molar-refractivity contribution is 6.30. The molecule has 3 aliphatic rings. The van der Waals surface area contributed by atoms with Crippen molar-refractivity contribution >= 4 is 34.3 Å². The Morgan fingerprint density at radius 1 is 1.24 bits per heavy atom. The second kappa shape index (κ2) is 9.24. The average molecular weight is 472 g/mol. The molecule has 1 aliphatic heterocycles. The molecule has 5 rings (SSSR count). The summed E-state index contributed by atoms with van der Waals surface area (Å²) >= 11 is 6.14. The number of nitrogen functional groups attached to an aromatic ring is 1. The Balaban J connectivity index is 1.10. The van der Waals surface area contributed by atoms with Crippen molar-refractivity contribution in [3.63, 3.8) is 0 Å². The van der Waals surface area contributed by atoms with Crippen LogP contribution in [0.4, 0.5) is 5.82 Å². The lowest BCUT2D eigenvalue weighted by Crippen LogP contribution is -2.44. The second-order valence-corrected chi connectivity index (χ2v) is 10.5. The number of nitrogens with two attached hydrogens (primary N) is 1. The van der Waals surface area contributed by atoms with Crippen LogP contribution in [0.5, 0.6) is 0 Å². The van der Waals surface area contributed by atoms with E-state index in [9.17, 15) is 5.11 Å². The first-order valence-corrected chi connectivity index (χ1v) is 12.4. The Kier molecular flexibility index (Phi) is 6.33. The Labute approximate surface area is 199 Å². The van der Waals surface area contributed by atoms with E-state index in [1.165, 1.54) is 19.2 Å². The number of hydrogen-bond acceptors (Lipinski definition) is 7. The van der Waals surface area contributed by atoms with Gasteiger partial charge in [0.1, 0.15) is 28.8 Å². The van der Waals surface area contributed by atoms with Gasteiger partial charge in [0, 0.05) is 25.2 Å². The summed E-state index contributed by atoms with van der Waals surface area (Å²) in [6, 6.07) is 2.78. The van der Waals surface area contributed by atoms with Crippen LogP contribution in [0.15, 0.2) is 34.8 Å². The number of amidine groups is 1. The standard InChI is InChI=1S/C24H34ClN7O/c1-14-7-21(25)30-22(29-14)4-3-15-8-17(9-15)31(2)12-16-10-19(20(33)11-16)32-6-5-18-23(26)27-13-28-24(18)32/h5-7,13-17,19-20,33H,3-4,8-12H2,1-2H3,(H,29,30)(H2,26,27,28)/t14?,15?,16-,17?,19+,20+/m0/s1. The maximum atomic E-state index is 10.8. The number of aliphatic hydroxyl groups excluding tert-OH is 1. The number of aliphatic hydroxyl groups is 1.